The van der Waals surface area contributed by atoms with Gasteiger partial charge in [0.15, 0.2) is 0 Å². The molecule has 4 unspecified atom stereocenters. The van der Waals surface area contributed by atoms with Gasteiger partial charge in [0.2, 0.25) is 0 Å². The zero-order valence-corrected chi connectivity index (χ0v) is 10.1. The molecule has 2 aliphatic rings. The molecule has 2 rings (SSSR count). The molecule has 2 fully saturated rings. The van der Waals surface area contributed by atoms with E-state index in [0.29, 0.717) is 0 Å². The van der Waals surface area contributed by atoms with Crippen molar-refractivity contribution in [3.8, 4) is 0 Å². The first kappa shape index (κ1) is 10.5. The van der Waals surface area contributed by atoms with Gasteiger partial charge >= 0.3 is 0 Å². The summed E-state index contributed by atoms with van der Waals surface area (Å²) >= 11 is 0. The zero-order chi connectivity index (χ0) is 10.1. The molecule has 2 aliphatic carbocycles. The van der Waals surface area contributed by atoms with Gasteiger partial charge in [-0.2, -0.15) is 0 Å². The second kappa shape index (κ2) is 4.24. The number of hydrogen-bond acceptors (Lipinski definition) is 0. The van der Waals surface area contributed by atoms with Crippen LogP contribution in [0.1, 0.15) is 59.3 Å². The molecule has 0 aromatic rings. The van der Waals surface area contributed by atoms with E-state index in [0.717, 1.165) is 29.6 Å². The lowest BCUT2D eigenvalue weighted by Crippen LogP contribution is -2.23. The maximum absolute atomic E-state index is 2.50. The van der Waals surface area contributed by atoms with E-state index in [1.54, 1.807) is 0 Å². The minimum atomic E-state index is 0.995. The molecule has 0 spiro atoms. The van der Waals surface area contributed by atoms with Crippen LogP contribution in [-0.4, -0.2) is 0 Å². The van der Waals surface area contributed by atoms with E-state index < -0.39 is 0 Å². The summed E-state index contributed by atoms with van der Waals surface area (Å²) in [5.41, 5.74) is 0. The van der Waals surface area contributed by atoms with E-state index >= 15 is 0 Å². The molecule has 0 nitrogen and oxygen atoms in total. The predicted octanol–water partition coefficient (Wildman–Crippen LogP) is 4.49. The Morgan fingerprint density at radius 3 is 1.86 bits per heavy atom. The largest absolute Gasteiger partial charge is 0.0622 e. The molecule has 0 amide bonds. The van der Waals surface area contributed by atoms with Crippen molar-refractivity contribution in [1.82, 2.24) is 0 Å². The van der Waals surface area contributed by atoms with Crippen LogP contribution in [0.25, 0.3) is 0 Å². The van der Waals surface area contributed by atoms with Gasteiger partial charge in [0.05, 0.1) is 0 Å². The van der Waals surface area contributed by atoms with Gasteiger partial charge in [-0.05, 0) is 48.9 Å². The van der Waals surface area contributed by atoms with Crippen LogP contribution < -0.4 is 0 Å². The third kappa shape index (κ3) is 1.99. The molecule has 0 aromatic heterocycles. The van der Waals surface area contributed by atoms with Crippen molar-refractivity contribution in [2.45, 2.75) is 59.3 Å². The Bertz CT molecular complexity index is 174. The van der Waals surface area contributed by atoms with Crippen molar-refractivity contribution in [2.75, 3.05) is 0 Å². The lowest BCUT2D eigenvalue weighted by molar-refractivity contribution is 0.172. The van der Waals surface area contributed by atoms with Gasteiger partial charge in [0.25, 0.3) is 0 Å². The van der Waals surface area contributed by atoms with Crippen LogP contribution in [0.15, 0.2) is 0 Å². The van der Waals surface area contributed by atoms with Crippen LogP contribution in [0, 0.1) is 29.6 Å². The molecule has 0 aromatic carbocycles. The maximum Gasteiger partial charge on any atom is -0.0360 e. The lowest BCUT2D eigenvalue weighted by atomic mass is 9.72. The van der Waals surface area contributed by atoms with E-state index in [9.17, 15) is 0 Å². The smallest absolute Gasteiger partial charge is 0.0360 e. The summed E-state index contributed by atoms with van der Waals surface area (Å²) < 4.78 is 0. The first-order valence-corrected chi connectivity index (χ1v) is 6.68. The van der Waals surface area contributed by atoms with E-state index in [2.05, 4.69) is 20.8 Å². The monoisotopic (exact) mass is 194 g/mol. The first-order valence-electron chi connectivity index (χ1n) is 6.68. The van der Waals surface area contributed by atoms with Gasteiger partial charge in [-0.3, -0.25) is 0 Å². The highest BCUT2D eigenvalue weighted by Gasteiger charge is 2.36. The summed E-state index contributed by atoms with van der Waals surface area (Å²) in [4.78, 5) is 0. The standard InChI is InChI=1S/C14H26/c1-10-6-4-5-7-14(10)13-8-11(2)12(3)9-13/h10-14H,4-9H2,1-3H3. The topological polar surface area (TPSA) is 0 Å². The van der Waals surface area contributed by atoms with Crippen LogP contribution >= 0.6 is 0 Å². The molecule has 2 saturated carbocycles. The van der Waals surface area contributed by atoms with Crippen molar-refractivity contribution in [1.29, 1.82) is 0 Å². The summed E-state index contributed by atoms with van der Waals surface area (Å²) in [6.07, 6.45) is 9.09. The molecule has 0 radical (unpaired) electrons. The van der Waals surface area contributed by atoms with E-state index in [4.69, 9.17) is 0 Å². The summed E-state index contributed by atoms with van der Waals surface area (Å²) in [5, 5.41) is 0. The summed E-state index contributed by atoms with van der Waals surface area (Å²) in [6, 6.07) is 0. The van der Waals surface area contributed by atoms with Gasteiger partial charge in [-0.15, -0.1) is 0 Å². The molecule has 0 saturated heterocycles. The summed E-state index contributed by atoms with van der Waals surface area (Å²) in [5.74, 6) is 5.17. The Kier molecular flexibility index (Phi) is 3.19. The Hall–Kier alpha value is 0. The second-order valence-electron chi connectivity index (χ2n) is 6.11. The third-order valence-electron chi connectivity index (χ3n) is 5.10. The van der Waals surface area contributed by atoms with Gasteiger partial charge in [0, 0.05) is 0 Å². The Labute approximate surface area is 89.5 Å². The van der Waals surface area contributed by atoms with Crippen molar-refractivity contribution in [3.05, 3.63) is 0 Å². The van der Waals surface area contributed by atoms with Crippen LogP contribution in [0.2, 0.25) is 0 Å². The minimum absolute atomic E-state index is 0.995. The molecular formula is C14H26. The zero-order valence-electron chi connectivity index (χ0n) is 10.1. The Morgan fingerprint density at radius 1 is 0.714 bits per heavy atom. The molecule has 14 heavy (non-hydrogen) atoms. The third-order valence-corrected chi connectivity index (χ3v) is 5.10. The maximum atomic E-state index is 2.50. The quantitative estimate of drug-likeness (QED) is 0.577. The van der Waals surface area contributed by atoms with Crippen molar-refractivity contribution in [2.24, 2.45) is 29.6 Å². The van der Waals surface area contributed by atoms with Gasteiger partial charge < -0.3 is 0 Å². The highest BCUT2D eigenvalue weighted by atomic mass is 14.4. The number of hydrogen-bond donors (Lipinski definition) is 0. The fourth-order valence-corrected chi connectivity index (χ4v) is 3.91. The van der Waals surface area contributed by atoms with Gasteiger partial charge in [-0.25, -0.2) is 0 Å². The summed E-state index contributed by atoms with van der Waals surface area (Å²) in [7, 11) is 0. The SMILES string of the molecule is CC1CC(C2CCCCC2C)CC1C. The normalized spacial score (nSPS) is 49.5. The van der Waals surface area contributed by atoms with Crippen molar-refractivity contribution < 1.29 is 0 Å². The Balaban J connectivity index is 1.94. The van der Waals surface area contributed by atoms with E-state index in [1.807, 2.05) is 0 Å². The molecule has 0 N–H and O–H groups in total. The highest BCUT2D eigenvalue weighted by Crippen LogP contribution is 2.46. The van der Waals surface area contributed by atoms with Gasteiger partial charge in [-0.1, -0.05) is 40.0 Å². The van der Waals surface area contributed by atoms with Crippen LogP contribution in [0.3, 0.4) is 0 Å². The van der Waals surface area contributed by atoms with Crippen molar-refractivity contribution in [3.63, 3.8) is 0 Å². The van der Waals surface area contributed by atoms with E-state index in [-0.39, 0.29) is 0 Å². The summed E-state index contributed by atoms with van der Waals surface area (Å²) in [6.45, 7) is 7.41. The molecule has 82 valence electrons. The first-order chi connectivity index (χ1) is 6.68. The van der Waals surface area contributed by atoms with Crippen LogP contribution in [0.4, 0.5) is 0 Å². The molecule has 0 bridgehead atoms. The van der Waals surface area contributed by atoms with Crippen LogP contribution in [0.5, 0.6) is 0 Å². The highest BCUT2D eigenvalue weighted by molar-refractivity contribution is 4.86. The van der Waals surface area contributed by atoms with Crippen LogP contribution in [-0.2, 0) is 0 Å². The fraction of sp³-hybridized carbons (Fsp3) is 1.00. The van der Waals surface area contributed by atoms with Crippen molar-refractivity contribution >= 4 is 0 Å². The van der Waals surface area contributed by atoms with E-state index in [1.165, 1.54) is 38.5 Å². The lowest BCUT2D eigenvalue weighted by Gasteiger charge is -2.33. The minimum Gasteiger partial charge on any atom is -0.0622 e. The fourth-order valence-electron chi connectivity index (χ4n) is 3.91. The molecular weight excluding hydrogens is 168 g/mol. The number of rotatable bonds is 1. The second-order valence-corrected chi connectivity index (χ2v) is 6.11. The molecule has 0 heterocycles. The average molecular weight is 194 g/mol. The molecule has 0 heteroatoms. The average Bonchev–Trinajstić information content (AvgIpc) is 2.48. The van der Waals surface area contributed by atoms with Gasteiger partial charge in [0.1, 0.15) is 0 Å². The molecule has 4 atom stereocenters. The molecule has 0 aliphatic heterocycles. The predicted molar refractivity (Wildman–Crippen MR) is 62.2 cm³/mol. The Morgan fingerprint density at radius 2 is 1.29 bits per heavy atom.